The first-order valence-electron chi connectivity index (χ1n) is 9.75. The largest absolute Gasteiger partial charge is 0.344 e. The van der Waals surface area contributed by atoms with Crippen LogP contribution in [0.2, 0.25) is 0 Å². The van der Waals surface area contributed by atoms with Crippen LogP contribution >= 0.6 is 0 Å². The Balaban J connectivity index is 1.74. The van der Waals surface area contributed by atoms with Crippen LogP contribution in [0.5, 0.6) is 0 Å². The summed E-state index contributed by atoms with van der Waals surface area (Å²) >= 11 is 0. The summed E-state index contributed by atoms with van der Waals surface area (Å²) in [4.78, 5) is 6.96. The fraction of sp³-hybridized carbons (Fsp3) is 0.435. The fourth-order valence-electron chi connectivity index (χ4n) is 4.20. The topological polar surface area (TPSA) is 21.1 Å². The molecule has 0 saturated carbocycles. The normalized spacial score (nSPS) is 18.1. The molecule has 136 valence electrons. The first-order valence-corrected chi connectivity index (χ1v) is 9.75. The van der Waals surface area contributed by atoms with Crippen molar-refractivity contribution in [3.05, 3.63) is 64.6 Å². The van der Waals surface area contributed by atoms with Crippen LogP contribution in [0.3, 0.4) is 0 Å². The number of rotatable bonds is 3. The maximum atomic E-state index is 4.46. The number of hydrogen-bond donors (Lipinski definition) is 0. The Bertz CT molecular complexity index is 921. The zero-order chi connectivity index (χ0) is 18.3. The van der Waals surface area contributed by atoms with Crippen molar-refractivity contribution < 1.29 is 0 Å². The summed E-state index contributed by atoms with van der Waals surface area (Å²) in [7, 11) is 2.26. The highest BCUT2D eigenvalue weighted by Crippen LogP contribution is 2.31. The second-order valence-electron chi connectivity index (χ2n) is 7.94. The van der Waals surface area contributed by atoms with Crippen LogP contribution in [0, 0.1) is 13.8 Å². The third kappa shape index (κ3) is 3.16. The van der Waals surface area contributed by atoms with Crippen LogP contribution in [0.25, 0.3) is 10.9 Å². The predicted molar refractivity (Wildman–Crippen MR) is 109 cm³/mol. The molecule has 0 bridgehead atoms. The number of aryl methyl sites for hydroxylation is 4. The van der Waals surface area contributed by atoms with Gasteiger partial charge in [0.25, 0.3) is 0 Å². The van der Waals surface area contributed by atoms with Crippen molar-refractivity contribution in [2.75, 3.05) is 13.6 Å². The van der Waals surface area contributed by atoms with Crippen LogP contribution in [0.4, 0.5) is 0 Å². The molecule has 26 heavy (non-hydrogen) atoms. The van der Waals surface area contributed by atoms with Gasteiger partial charge in [0.1, 0.15) is 0 Å². The third-order valence-electron chi connectivity index (χ3n) is 5.99. The molecule has 0 N–H and O–H groups in total. The van der Waals surface area contributed by atoms with Crippen LogP contribution in [-0.2, 0) is 25.8 Å². The molecule has 0 aliphatic carbocycles. The molecule has 1 aromatic carbocycles. The summed E-state index contributed by atoms with van der Waals surface area (Å²) in [5, 5.41) is 1.46. The Kier molecular flexibility index (Phi) is 4.58. The van der Waals surface area contributed by atoms with E-state index >= 15 is 0 Å². The Morgan fingerprint density at radius 3 is 2.77 bits per heavy atom. The standard InChI is InChI=1S/C23H29N3/c1-16-5-8-22-20(13-16)21-14-18(3)25(4)11-10-23(21)26(22)12-9-19-7-6-17(2)24-15-19/h5-8,13,15,18H,9-12,14H2,1-4H3. The lowest BCUT2D eigenvalue weighted by Gasteiger charge is -2.21. The average Bonchev–Trinajstić information content (AvgIpc) is 2.82. The van der Waals surface area contributed by atoms with Crippen molar-refractivity contribution in [1.82, 2.24) is 14.5 Å². The SMILES string of the molecule is Cc1ccc2c(c1)c1c(n2CCc2ccc(C)nc2)CCN(C)C(C)C1. The van der Waals surface area contributed by atoms with Crippen molar-refractivity contribution in [2.45, 2.75) is 52.6 Å². The maximum Gasteiger partial charge on any atom is 0.0485 e. The van der Waals surface area contributed by atoms with Gasteiger partial charge in [0, 0.05) is 54.0 Å². The number of pyridine rings is 1. The molecule has 1 atom stereocenters. The Labute approximate surface area is 156 Å². The second kappa shape index (κ2) is 6.88. The van der Waals surface area contributed by atoms with Crippen molar-refractivity contribution in [2.24, 2.45) is 0 Å². The van der Waals surface area contributed by atoms with E-state index < -0.39 is 0 Å². The zero-order valence-corrected chi connectivity index (χ0v) is 16.4. The molecular formula is C23H29N3. The van der Waals surface area contributed by atoms with Gasteiger partial charge in [-0.05, 0) is 70.0 Å². The second-order valence-corrected chi connectivity index (χ2v) is 7.94. The van der Waals surface area contributed by atoms with Crippen LogP contribution in [0.1, 0.15) is 35.0 Å². The first kappa shape index (κ1) is 17.3. The van der Waals surface area contributed by atoms with Gasteiger partial charge in [0.15, 0.2) is 0 Å². The number of benzene rings is 1. The minimum absolute atomic E-state index is 0.595. The minimum Gasteiger partial charge on any atom is -0.344 e. The highest BCUT2D eigenvalue weighted by atomic mass is 15.1. The average molecular weight is 348 g/mol. The quantitative estimate of drug-likeness (QED) is 0.704. The van der Waals surface area contributed by atoms with Crippen LogP contribution < -0.4 is 0 Å². The number of fused-ring (bicyclic) bond motifs is 3. The van der Waals surface area contributed by atoms with Gasteiger partial charge in [-0.2, -0.15) is 0 Å². The highest BCUT2D eigenvalue weighted by molar-refractivity contribution is 5.86. The van der Waals surface area contributed by atoms with E-state index in [4.69, 9.17) is 0 Å². The molecule has 0 spiro atoms. The van der Waals surface area contributed by atoms with E-state index in [1.165, 1.54) is 22.0 Å². The van der Waals surface area contributed by atoms with E-state index in [0.717, 1.165) is 38.0 Å². The monoisotopic (exact) mass is 347 g/mol. The van der Waals surface area contributed by atoms with Gasteiger partial charge < -0.3 is 9.47 Å². The van der Waals surface area contributed by atoms with Gasteiger partial charge >= 0.3 is 0 Å². The van der Waals surface area contributed by atoms with Crippen LogP contribution in [-0.4, -0.2) is 34.1 Å². The minimum atomic E-state index is 0.595. The smallest absolute Gasteiger partial charge is 0.0485 e. The lowest BCUT2D eigenvalue weighted by Crippen LogP contribution is -2.30. The molecule has 1 unspecified atom stereocenters. The molecular weight excluding hydrogens is 318 g/mol. The van der Waals surface area contributed by atoms with E-state index in [0.29, 0.717) is 6.04 Å². The van der Waals surface area contributed by atoms with Gasteiger partial charge in [-0.1, -0.05) is 17.7 Å². The lowest BCUT2D eigenvalue weighted by molar-refractivity contribution is 0.267. The van der Waals surface area contributed by atoms with E-state index in [2.05, 4.69) is 65.7 Å². The van der Waals surface area contributed by atoms with Crippen molar-refractivity contribution in [3.8, 4) is 0 Å². The van der Waals surface area contributed by atoms with Gasteiger partial charge in [-0.3, -0.25) is 4.98 Å². The van der Waals surface area contributed by atoms with E-state index in [-0.39, 0.29) is 0 Å². The molecule has 3 heterocycles. The predicted octanol–water partition coefficient (Wildman–Crippen LogP) is 4.31. The first-order chi connectivity index (χ1) is 12.5. The molecule has 0 radical (unpaired) electrons. The summed E-state index contributed by atoms with van der Waals surface area (Å²) < 4.78 is 2.58. The Morgan fingerprint density at radius 1 is 1.15 bits per heavy atom. The molecule has 0 amide bonds. The maximum absolute atomic E-state index is 4.46. The van der Waals surface area contributed by atoms with Gasteiger partial charge in [0.2, 0.25) is 0 Å². The van der Waals surface area contributed by atoms with E-state index in [1.54, 1.807) is 11.3 Å². The van der Waals surface area contributed by atoms with Gasteiger partial charge in [-0.25, -0.2) is 0 Å². The molecule has 3 aromatic rings. The van der Waals surface area contributed by atoms with Crippen molar-refractivity contribution in [3.63, 3.8) is 0 Å². The van der Waals surface area contributed by atoms with Crippen LogP contribution in [0.15, 0.2) is 36.5 Å². The molecule has 3 nitrogen and oxygen atoms in total. The summed E-state index contributed by atoms with van der Waals surface area (Å²) in [5.41, 5.74) is 8.27. The lowest BCUT2D eigenvalue weighted by atomic mass is 10.0. The van der Waals surface area contributed by atoms with E-state index in [9.17, 15) is 0 Å². The number of likely N-dealkylation sites (N-methyl/N-ethyl adjacent to an activating group) is 1. The summed E-state index contributed by atoms with van der Waals surface area (Å²) in [6.07, 6.45) is 5.34. The third-order valence-corrected chi connectivity index (χ3v) is 5.99. The van der Waals surface area contributed by atoms with Gasteiger partial charge in [0.05, 0.1) is 0 Å². The Hall–Kier alpha value is -2.13. The number of nitrogens with zero attached hydrogens (tertiary/aromatic N) is 3. The van der Waals surface area contributed by atoms with E-state index in [1.807, 2.05) is 13.1 Å². The molecule has 1 aliphatic rings. The highest BCUT2D eigenvalue weighted by Gasteiger charge is 2.24. The molecule has 2 aromatic heterocycles. The van der Waals surface area contributed by atoms with Crippen molar-refractivity contribution >= 4 is 10.9 Å². The molecule has 0 saturated heterocycles. The molecule has 4 rings (SSSR count). The summed E-state index contributed by atoms with van der Waals surface area (Å²) in [6.45, 7) is 8.76. The Morgan fingerprint density at radius 2 is 2.00 bits per heavy atom. The zero-order valence-electron chi connectivity index (χ0n) is 16.4. The number of aromatic nitrogens is 2. The summed E-state index contributed by atoms with van der Waals surface area (Å²) in [6, 6.07) is 11.9. The summed E-state index contributed by atoms with van der Waals surface area (Å²) in [5.74, 6) is 0. The number of hydrogen-bond acceptors (Lipinski definition) is 2. The molecule has 3 heteroatoms. The molecule has 1 aliphatic heterocycles. The van der Waals surface area contributed by atoms with Gasteiger partial charge in [-0.15, -0.1) is 0 Å². The fourth-order valence-corrected chi connectivity index (χ4v) is 4.20. The van der Waals surface area contributed by atoms with Crippen molar-refractivity contribution in [1.29, 1.82) is 0 Å². The molecule has 0 fully saturated rings.